The molecule has 0 unspecified atom stereocenters. The van der Waals surface area contributed by atoms with Gasteiger partial charge in [0.1, 0.15) is 19.8 Å². The summed E-state index contributed by atoms with van der Waals surface area (Å²) >= 11 is 0. The highest BCUT2D eigenvalue weighted by Gasteiger charge is 2.17. The van der Waals surface area contributed by atoms with Crippen LogP contribution in [0.15, 0.2) is 52.3 Å². The molecule has 1 aromatic heterocycles. The Labute approximate surface area is 379 Å². The van der Waals surface area contributed by atoms with E-state index in [2.05, 4.69) is 19.7 Å². The number of nitrogens with zero attached hydrogens (tertiary/aromatic N) is 3. The molecule has 0 amide bonds. The summed E-state index contributed by atoms with van der Waals surface area (Å²) in [5, 5.41) is 0. The third-order valence-corrected chi connectivity index (χ3v) is 11.5. The van der Waals surface area contributed by atoms with Gasteiger partial charge >= 0.3 is 35.0 Å². The standard InChI is InChI=1S/C51H87N3O9/c1-4-7-10-13-16-19-22-25-28-31-34-37-46(55)61-43-40-52-49(58)53(41-44-62-47(56)38-35-32-29-26-23-20-17-14-11-8-5-2)51(60)54(50(52)59)42-45-63-48(57)39-36-33-30-27-24-21-18-15-12-9-6-3/h4-6H,1-3,7-45H2. The minimum atomic E-state index is -0.889. The van der Waals surface area contributed by atoms with Gasteiger partial charge in [-0.1, -0.05) is 153 Å². The van der Waals surface area contributed by atoms with Gasteiger partial charge in [0, 0.05) is 19.3 Å². The molecule has 1 aromatic rings. The van der Waals surface area contributed by atoms with Gasteiger partial charge in [-0.3, -0.25) is 14.4 Å². The first-order valence-electron chi connectivity index (χ1n) is 25.0. The van der Waals surface area contributed by atoms with E-state index < -0.39 is 35.0 Å². The smallest absolute Gasteiger partial charge is 0.336 e. The van der Waals surface area contributed by atoms with E-state index >= 15 is 0 Å². The molecule has 0 spiro atoms. The Kier molecular flexibility index (Phi) is 36.9. The molecule has 0 saturated carbocycles. The minimum absolute atomic E-state index is 0.229. The van der Waals surface area contributed by atoms with E-state index in [1.54, 1.807) is 0 Å². The maximum Gasteiger partial charge on any atom is 0.336 e. The van der Waals surface area contributed by atoms with E-state index in [1.807, 2.05) is 18.2 Å². The Bertz CT molecular complexity index is 1350. The normalized spacial score (nSPS) is 11.0. The van der Waals surface area contributed by atoms with E-state index in [9.17, 15) is 28.8 Å². The van der Waals surface area contributed by atoms with Crippen molar-refractivity contribution in [3.05, 3.63) is 69.4 Å². The molecule has 0 aliphatic rings. The predicted molar refractivity (Wildman–Crippen MR) is 255 cm³/mol. The molecular weight excluding hydrogens is 799 g/mol. The second-order valence-electron chi connectivity index (χ2n) is 17.0. The van der Waals surface area contributed by atoms with Crippen molar-refractivity contribution >= 4 is 17.9 Å². The van der Waals surface area contributed by atoms with Crippen LogP contribution in [0.5, 0.6) is 0 Å². The fourth-order valence-corrected chi connectivity index (χ4v) is 7.61. The SMILES string of the molecule is C=CCCCCCCCCCCCC(=O)OCCn1c(=O)n(CCOC(=O)CCCCCCCCCCCC=C)c(=O)n(CCOC(=O)CCCCCCCCCCCC=C)c1=O. The number of rotatable bonds is 45. The van der Waals surface area contributed by atoms with Gasteiger partial charge in [-0.15, -0.1) is 19.7 Å². The van der Waals surface area contributed by atoms with E-state index in [-0.39, 0.29) is 58.7 Å². The Morgan fingerprint density at radius 2 is 0.524 bits per heavy atom. The fourth-order valence-electron chi connectivity index (χ4n) is 7.61. The molecule has 0 saturated heterocycles. The van der Waals surface area contributed by atoms with Gasteiger partial charge in [0.15, 0.2) is 0 Å². The lowest BCUT2D eigenvalue weighted by atomic mass is 10.1. The molecule has 12 heteroatoms. The summed E-state index contributed by atoms with van der Waals surface area (Å²) in [6.45, 7) is 9.81. The second kappa shape index (κ2) is 40.8. The zero-order valence-corrected chi connectivity index (χ0v) is 39.4. The van der Waals surface area contributed by atoms with E-state index in [0.717, 1.165) is 90.8 Å². The maximum absolute atomic E-state index is 13.5. The summed E-state index contributed by atoms with van der Waals surface area (Å²) in [6.07, 6.45) is 39.5. The summed E-state index contributed by atoms with van der Waals surface area (Å²) in [5.41, 5.74) is -2.67. The highest BCUT2D eigenvalue weighted by molar-refractivity contribution is 5.69. The number of allylic oxidation sites excluding steroid dienone is 3. The predicted octanol–water partition coefficient (Wildman–Crippen LogP) is 11.2. The summed E-state index contributed by atoms with van der Waals surface area (Å²) in [6, 6.07) is 0. The largest absolute Gasteiger partial charge is 0.464 e. The molecule has 0 bridgehead atoms. The second-order valence-corrected chi connectivity index (χ2v) is 17.0. The van der Waals surface area contributed by atoms with Crippen LogP contribution in [-0.2, 0) is 48.2 Å². The summed E-state index contributed by atoms with van der Waals surface area (Å²) < 4.78 is 18.7. The highest BCUT2D eigenvalue weighted by atomic mass is 16.5. The Hall–Kier alpha value is -3.96. The Morgan fingerprint density at radius 1 is 0.333 bits per heavy atom. The minimum Gasteiger partial charge on any atom is -0.464 e. The van der Waals surface area contributed by atoms with Crippen molar-refractivity contribution < 1.29 is 28.6 Å². The van der Waals surface area contributed by atoms with Crippen LogP contribution in [0.3, 0.4) is 0 Å². The molecule has 0 radical (unpaired) electrons. The number of esters is 3. The number of carbonyl (C=O) groups excluding carboxylic acids is 3. The van der Waals surface area contributed by atoms with Crippen LogP contribution < -0.4 is 17.1 Å². The highest BCUT2D eigenvalue weighted by Crippen LogP contribution is 2.14. The first-order chi connectivity index (χ1) is 30.8. The van der Waals surface area contributed by atoms with E-state index in [0.29, 0.717) is 19.3 Å². The van der Waals surface area contributed by atoms with Crippen molar-refractivity contribution in [1.29, 1.82) is 0 Å². The fraction of sp³-hybridized carbons (Fsp3) is 0.765. The molecule has 0 aliphatic carbocycles. The number of ether oxygens (including phenoxy) is 3. The van der Waals surface area contributed by atoms with Gasteiger partial charge in [-0.25, -0.2) is 28.1 Å². The zero-order chi connectivity index (χ0) is 46.0. The number of unbranched alkanes of at least 4 members (excludes halogenated alkanes) is 27. The molecule has 63 heavy (non-hydrogen) atoms. The summed E-state index contributed by atoms with van der Waals surface area (Å²) in [5.74, 6) is -1.24. The Balaban J connectivity index is 2.67. The lowest BCUT2D eigenvalue weighted by Gasteiger charge is -2.14. The van der Waals surface area contributed by atoms with Gasteiger partial charge in [-0.2, -0.15) is 0 Å². The third-order valence-electron chi connectivity index (χ3n) is 11.5. The van der Waals surface area contributed by atoms with Crippen LogP contribution in [0.25, 0.3) is 0 Å². The molecule has 1 heterocycles. The molecule has 12 nitrogen and oxygen atoms in total. The lowest BCUT2D eigenvalue weighted by Crippen LogP contribution is -2.55. The molecule has 0 N–H and O–H groups in total. The lowest BCUT2D eigenvalue weighted by molar-refractivity contribution is -0.144. The number of aromatic nitrogens is 3. The first kappa shape index (κ1) is 57.1. The quantitative estimate of drug-likeness (QED) is 0.0270. The average Bonchev–Trinajstić information content (AvgIpc) is 3.27. The van der Waals surface area contributed by atoms with Crippen LogP contribution in [0.2, 0.25) is 0 Å². The van der Waals surface area contributed by atoms with Crippen LogP contribution in [-0.4, -0.2) is 51.4 Å². The molecule has 0 atom stereocenters. The molecular formula is C51H87N3O9. The van der Waals surface area contributed by atoms with Crippen molar-refractivity contribution in [2.45, 2.75) is 232 Å². The van der Waals surface area contributed by atoms with Gasteiger partial charge < -0.3 is 14.2 Å². The molecule has 0 aliphatic heterocycles. The maximum atomic E-state index is 13.5. The van der Waals surface area contributed by atoms with Crippen molar-refractivity contribution in [2.24, 2.45) is 0 Å². The molecule has 360 valence electrons. The van der Waals surface area contributed by atoms with Crippen LogP contribution in [0.4, 0.5) is 0 Å². The molecule has 1 rings (SSSR count). The van der Waals surface area contributed by atoms with Crippen LogP contribution in [0, 0.1) is 0 Å². The van der Waals surface area contributed by atoms with Gasteiger partial charge in [0.25, 0.3) is 0 Å². The Morgan fingerprint density at radius 3 is 0.730 bits per heavy atom. The van der Waals surface area contributed by atoms with Gasteiger partial charge in [0.2, 0.25) is 0 Å². The monoisotopic (exact) mass is 886 g/mol. The summed E-state index contributed by atoms with van der Waals surface area (Å²) in [7, 11) is 0. The molecule has 0 fully saturated rings. The van der Waals surface area contributed by atoms with Crippen molar-refractivity contribution in [3.8, 4) is 0 Å². The first-order valence-corrected chi connectivity index (χ1v) is 25.0. The van der Waals surface area contributed by atoms with Crippen molar-refractivity contribution in [1.82, 2.24) is 13.7 Å². The molecule has 0 aromatic carbocycles. The van der Waals surface area contributed by atoms with Crippen LogP contribution in [0.1, 0.15) is 212 Å². The van der Waals surface area contributed by atoms with Gasteiger partial charge in [-0.05, 0) is 57.8 Å². The summed E-state index contributed by atoms with van der Waals surface area (Å²) in [4.78, 5) is 77.9. The number of hydrogen-bond acceptors (Lipinski definition) is 9. The van der Waals surface area contributed by atoms with E-state index in [1.165, 1.54) is 96.3 Å². The van der Waals surface area contributed by atoms with Crippen LogP contribution >= 0.6 is 0 Å². The van der Waals surface area contributed by atoms with Gasteiger partial charge in [0.05, 0.1) is 19.6 Å². The average molecular weight is 886 g/mol. The van der Waals surface area contributed by atoms with Crippen molar-refractivity contribution in [2.75, 3.05) is 19.8 Å². The number of hydrogen-bond donors (Lipinski definition) is 0. The topological polar surface area (TPSA) is 145 Å². The van der Waals surface area contributed by atoms with E-state index in [4.69, 9.17) is 14.2 Å². The third kappa shape index (κ3) is 30.7. The zero-order valence-electron chi connectivity index (χ0n) is 39.4. The number of carbonyl (C=O) groups is 3. The van der Waals surface area contributed by atoms with Crippen molar-refractivity contribution in [3.63, 3.8) is 0 Å².